The van der Waals surface area contributed by atoms with E-state index < -0.39 is 0 Å². The Morgan fingerprint density at radius 1 is 1.06 bits per heavy atom. The first-order chi connectivity index (χ1) is 15.0. The molecule has 1 amide bonds. The zero-order valence-corrected chi connectivity index (χ0v) is 19.5. The first kappa shape index (κ1) is 20.7. The minimum atomic E-state index is -0.272. The lowest BCUT2D eigenvalue weighted by Gasteiger charge is -2.04. The molecule has 158 valence electrons. The van der Waals surface area contributed by atoms with E-state index in [0.29, 0.717) is 31.4 Å². The van der Waals surface area contributed by atoms with Crippen LogP contribution in [0.5, 0.6) is 0 Å². The van der Waals surface area contributed by atoms with Crippen LogP contribution in [0.1, 0.15) is 40.2 Å². The Morgan fingerprint density at radius 3 is 2.74 bits per heavy atom. The molecule has 0 fully saturated rings. The monoisotopic (exact) mass is 488 g/mol. The highest BCUT2D eigenvalue weighted by Gasteiger charge is 2.21. The first-order valence-electron chi connectivity index (χ1n) is 9.92. The first-order valence-corrected chi connectivity index (χ1v) is 12.4. The summed E-state index contributed by atoms with van der Waals surface area (Å²) in [6, 6.07) is 7.44. The van der Waals surface area contributed by atoms with Gasteiger partial charge >= 0.3 is 0 Å². The van der Waals surface area contributed by atoms with Crippen LogP contribution < -0.4 is 11.1 Å². The zero-order valence-electron chi connectivity index (χ0n) is 16.4. The standard InChI is InChI=1S/C22H18Cl2N4OS2/c23-14-7-6-12(9-15(14)24)17-10-30-22(27-17)28-20(29)19-18(25)13-8-11-4-2-1-3-5-16(11)26-21(13)31-19/h6-10H,1-5,25H2,(H,27,28,29). The zero-order chi connectivity index (χ0) is 21.5. The molecule has 3 aromatic heterocycles. The maximum Gasteiger partial charge on any atom is 0.269 e. The summed E-state index contributed by atoms with van der Waals surface area (Å²) in [6.07, 6.45) is 5.56. The van der Waals surface area contributed by atoms with E-state index in [-0.39, 0.29) is 5.91 Å². The summed E-state index contributed by atoms with van der Waals surface area (Å²) in [5.74, 6) is -0.272. The van der Waals surface area contributed by atoms with Crippen LogP contribution in [0, 0.1) is 0 Å². The molecule has 31 heavy (non-hydrogen) atoms. The Labute approximate surface area is 197 Å². The lowest BCUT2D eigenvalue weighted by Crippen LogP contribution is -2.11. The minimum Gasteiger partial charge on any atom is -0.397 e. The number of hydrogen-bond donors (Lipinski definition) is 2. The lowest BCUT2D eigenvalue weighted by atomic mass is 10.1. The van der Waals surface area contributed by atoms with Crippen molar-refractivity contribution in [3.8, 4) is 11.3 Å². The van der Waals surface area contributed by atoms with Gasteiger partial charge in [-0.1, -0.05) is 35.7 Å². The summed E-state index contributed by atoms with van der Waals surface area (Å²) in [5.41, 5.74) is 10.8. The fraction of sp³-hybridized carbons (Fsp3) is 0.227. The Kier molecular flexibility index (Phi) is 5.60. The number of anilines is 2. The second-order valence-corrected chi connectivity index (χ2v) is 10.1. The molecule has 5 rings (SSSR count). The van der Waals surface area contributed by atoms with Crippen molar-refractivity contribution in [2.75, 3.05) is 11.1 Å². The Hall–Kier alpha value is -2.19. The SMILES string of the molecule is Nc1c(C(=O)Nc2nc(-c3ccc(Cl)c(Cl)c3)cs2)sc2nc3c(cc12)CCCCC3. The quantitative estimate of drug-likeness (QED) is 0.309. The Bertz CT molecular complexity index is 1310. The molecule has 4 aromatic rings. The summed E-state index contributed by atoms with van der Waals surface area (Å²) in [5, 5.41) is 7.04. The number of halogens is 2. The van der Waals surface area contributed by atoms with Crippen molar-refractivity contribution in [2.24, 2.45) is 0 Å². The molecule has 0 spiro atoms. The van der Waals surface area contributed by atoms with Crippen molar-refractivity contribution >= 4 is 72.8 Å². The molecule has 1 aliphatic rings. The number of nitrogens with two attached hydrogens (primary N) is 1. The Balaban J connectivity index is 1.41. The molecule has 3 heterocycles. The summed E-state index contributed by atoms with van der Waals surface area (Å²) in [6.45, 7) is 0. The lowest BCUT2D eigenvalue weighted by molar-refractivity contribution is 0.103. The molecule has 0 saturated heterocycles. The van der Waals surface area contributed by atoms with Crippen molar-refractivity contribution in [2.45, 2.75) is 32.1 Å². The van der Waals surface area contributed by atoms with Gasteiger partial charge in [0.15, 0.2) is 5.13 Å². The fourth-order valence-electron chi connectivity index (χ4n) is 3.78. The third-order valence-electron chi connectivity index (χ3n) is 5.40. The van der Waals surface area contributed by atoms with Crippen LogP contribution in [0.3, 0.4) is 0 Å². The number of carbonyl (C=O) groups is 1. The van der Waals surface area contributed by atoms with E-state index in [1.165, 1.54) is 41.1 Å². The maximum absolute atomic E-state index is 12.9. The van der Waals surface area contributed by atoms with Gasteiger partial charge in [-0.3, -0.25) is 10.1 Å². The highest BCUT2D eigenvalue weighted by Crippen LogP contribution is 2.36. The normalized spacial score (nSPS) is 13.7. The molecule has 1 aromatic carbocycles. The largest absolute Gasteiger partial charge is 0.397 e. The second kappa shape index (κ2) is 8.39. The average Bonchev–Trinajstić information content (AvgIpc) is 3.26. The molecule has 0 radical (unpaired) electrons. The van der Waals surface area contributed by atoms with Crippen LogP contribution in [0.25, 0.3) is 21.5 Å². The Morgan fingerprint density at radius 2 is 1.90 bits per heavy atom. The number of fused-ring (bicyclic) bond motifs is 2. The van der Waals surface area contributed by atoms with Crippen molar-refractivity contribution in [1.82, 2.24) is 9.97 Å². The number of thiazole rings is 1. The number of nitrogens with zero attached hydrogens (tertiary/aromatic N) is 2. The predicted octanol–water partition coefficient (Wildman–Crippen LogP) is 6.83. The molecule has 0 aliphatic heterocycles. The molecule has 0 saturated carbocycles. The van der Waals surface area contributed by atoms with Gasteiger partial charge in [0.1, 0.15) is 9.71 Å². The number of amides is 1. The third kappa shape index (κ3) is 4.03. The number of rotatable bonds is 3. The van der Waals surface area contributed by atoms with Crippen LogP contribution in [0.2, 0.25) is 10.0 Å². The van der Waals surface area contributed by atoms with Crippen LogP contribution in [-0.2, 0) is 12.8 Å². The predicted molar refractivity (Wildman–Crippen MR) is 131 cm³/mol. The van der Waals surface area contributed by atoms with Gasteiger partial charge in [0.05, 0.1) is 21.4 Å². The molecule has 0 atom stereocenters. The number of carbonyl (C=O) groups excluding carboxylic acids is 1. The van der Waals surface area contributed by atoms with Crippen LogP contribution >= 0.6 is 45.9 Å². The van der Waals surface area contributed by atoms with E-state index in [0.717, 1.165) is 40.7 Å². The number of nitrogen functional groups attached to an aromatic ring is 1. The number of benzene rings is 1. The smallest absolute Gasteiger partial charge is 0.269 e. The molecular formula is C22H18Cl2N4OS2. The van der Waals surface area contributed by atoms with Gasteiger partial charge in [-0.15, -0.1) is 22.7 Å². The second-order valence-electron chi connectivity index (χ2n) is 7.47. The van der Waals surface area contributed by atoms with Crippen molar-refractivity contribution in [3.63, 3.8) is 0 Å². The van der Waals surface area contributed by atoms with Gasteiger partial charge in [-0.05, 0) is 49.4 Å². The number of aromatic nitrogens is 2. The molecule has 0 bridgehead atoms. The molecule has 0 unspecified atom stereocenters. The summed E-state index contributed by atoms with van der Waals surface area (Å²) >= 11 is 14.8. The van der Waals surface area contributed by atoms with Gasteiger partial charge in [0.2, 0.25) is 0 Å². The van der Waals surface area contributed by atoms with E-state index in [1.807, 2.05) is 11.4 Å². The fourth-order valence-corrected chi connectivity index (χ4v) is 5.78. The van der Waals surface area contributed by atoms with Gasteiger partial charge in [0, 0.05) is 22.0 Å². The summed E-state index contributed by atoms with van der Waals surface area (Å²) < 4.78 is 0. The van der Waals surface area contributed by atoms with Crippen molar-refractivity contribution in [1.29, 1.82) is 0 Å². The maximum atomic E-state index is 12.9. The molecule has 1 aliphatic carbocycles. The minimum absolute atomic E-state index is 0.272. The van der Waals surface area contributed by atoms with E-state index in [4.69, 9.17) is 33.9 Å². The van der Waals surface area contributed by atoms with Crippen LogP contribution in [0.4, 0.5) is 10.8 Å². The van der Waals surface area contributed by atoms with Crippen LogP contribution in [0.15, 0.2) is 29.6 Å². The highest BCUT2D eigenvalue weighted by molar-refractivity contribution is 7.21. The van der Waals surface area contributed by atoms with Crippen LogP contribution in [-0.4, -0.2) is 15.9 Å². The van der Waals surface area contributed by atoms with Gasteiger partial charge in [-0.2, -0.15) is 0 Å². The van der Waals surface area contributed by atoms with E-state index in [1.54, 1.807) is 12.1 Å². The molecule has 3 N–H and O–H groups in total. The van der Waals surface area contributed by atoms with Gasteiger partial charge in [-0.25, -0.2) is 9.97 Å². The molecule has 9 heteroatoms. The number of nitrogens with one attached hydrogen (secondary N) is 1. The topological polar surface area (TPSA) is 80.9 Å². The van der Waals surface area contributed by atoms with Crippen molar-refractivity contribution in [3.05, 3.63) is 55.8 Å². The third-order valence-corrected chi connectivity index (χ3v) is 8.01. The number of thiophene rings is 1. The van der Waals surface area contributed by atoms with Gasteiger partial charge in [0.25, 0.3) is 5.91 Å². The number of pyridine rings is 1. The van der Waals surface area contributed by atoms with Crippen molar-refractivity contribution < 1.29 is 4.79 Å². The van der Waals surface area contributed by atoms with E-state index in [2.05, 4.69) is 16.4 Å². The summed E-state index contributed by atoms with van der Waals surface area (Å²) in [7, 11) is 0. The average molecular weight is 489 g/mol. The number of aryl methyl sites for hydroxylation is 2. The van der Waals surface area contributed by atoms with Gasteiger partial charge < -0.3 is 5.73 Å². The highest BCUT2D eigenvalue weighted by atomic mass is 35.5. The molecule has 5 nitrogen and oxygen atoms in total. The van der Waals surface area contributed by atoms with E-state index in [9.17, 15) is 4.79 Å². The summed E-state index contributed by atoms with van der Waals surface area (Å²) in [4.78, 5) is 23.6. The number of hydrogen-bond acceptors (Lipinski definition) is 6. The molecular weight excluding hydrogens is 471 g/mol. The van der Waals surface area contributed by atoms with E-state index >= 15 is 0 Å².